The van der Waals surface area contributed by atoms with Crippen molar-refractivity contribution in [3.63, 3.8) is 0 Å². The van der Waals surface area contributed by atoms with Crippen molar-refractivity contribution in [1.82, 2.24) is 10.2 Å². The minimum absolute atomic E-state index is 0. The molecule has 0 aliphatic carbocycles. The first-order chi connectivity index (χ1) is 18.8. The molecular formula is C29H33ClN2O8. The van der Waals surface area contributed by atoms with Gasteiger partial charge in [0, 0.05) is 24.5 Å². The largest absolute Gasteiger partial charge is 0.466 e. The second-order valence-electron chi connectivity index (χ2n) is 9.24. The fourth-order valence-electron chi connectivity index (χ4n) is 4.84. The predicted octanol–water partition coefficient (Wildman–Crippen LogP) is 3.71. The summed E-state index contributed by atoms with van der Waals surface area (Å²) in [5, 5.41) is 3.10. The molecule has 1 unspecified atom stereocenters. The van der Waals surface area contributed by atoms with E-state index in [1.165, 1.54) is 14.2 Å². The molecule has 2 aromatic rings. The molecule has 4 rings (SSSR count). The molecule has 0 spiro atoms. The van der Waals surface area contributed by atoms with E-state index < -0.39 is 23.8 Å². The third-order valence-corrected chi connectivity index (χ3v) is 6.66. The third kappa shape index (κ3) is 6.24. The summed E-state index contributed by atoms with van der Waals surface area (Å²) in [5.41, 5.74) is 2.85. The Hall–Kier alpha value is -4.02. The van der Waals surface area contributed by atoms with Crippen LogP contribution in [-0.2, 0) is 30.3 Å². The lowest BCUT2D eigenvalue weighted by molar-refractivity contribution is -0.139. The average Bonchev–Trinajstić information content (AvgIpc) is 3.40. The quantitative estimate of drug-likeness (QED) is 0.352. The maximum atomic E-state index is 13.6. The lowest BCUT2D eigenvalue weighted by Crippen LogP contribution is -2.34. The standard InChI is InChI=1S/C29H32N2O8.ClH/c1-17-22(27(32)35-4)24(20-11-12-21-26(39-16-38-21)25(20)28(33)36-5)23(18(2)30-17)29(34)37-14-13-31(3)15-19-9-7-6-8-10-19;/h6-12,24,30H,13-16H2,1-5H3;1H. The number of methoxy groups -OCH3 is 2. The molecule has 0 saturated carbocycles. The van der Waals surface area contributed by atoms with Gasteiger partial charge in [-0.2, -0.15) is 0 Å². The van der Waals surface area contributed by atoms with Crippen LogP contribution in [0.5, 0.6) is 11.5 Å². The molecule has 0 aromatic heterocycles. The number of carbonyl (C=O) groups excluding carboxylic acids is 3. The highest BCUT2D eigenvalue weighted by Crippen LogP contribution is 2.46. The number of ether oxygens (including phenoxy) is 5. The highest BCUT2D eigenvalue weighted by molar-refractivity contribution is 6.03. The summed E-state index contributed by atoms with van der Waals surface area (Å²) in [6, 6.07) is 13.2. The Labute approximate surface area is 239 Å². The zero-order valence-corrected chi connectivity index (χ0v) is 23.9. The molecule has 40 heavy (non-hydrogen) atoms. The molecule has 11 heteroatoms. The van der Waals surface area contributed by atoms with Gasteiger partial charge in [0.2, 0.25) is 6.79 Å². The van der Waals surface area contributed by atoms with Gasteiger partial charge in [-0.25, -0.2) is 14.4 Å². The topological polar surface area (TPSA) is 113 Å². The first kappa shape index (κ1) is 30.5. The number of hydrogen-bond acceptors (Lipinski definition) is 10. The highest BCUT2D eigenvalue weighted by Gasteiger charge is 2.41. The number of dihydropyridines is 1. The van der Waals surface area contributed by atoms with Gasteiger partial charge in [0.05, 0.1) is 31.3 Å². The van der Waals surface area contributed by atoms with Gasteiger partial charge in [-0.1, -0.05) is 36.4 Å². The summed E-state index contributed by atoms with van der Waals surface area (Å²) < 4.78 is 26.9. The predicted molar refractivity (Wildman–Crippen MR) is 148 cm³/mol. The van der Waals surface area contributed by atoms with Gasteiger partial charge >= 0.3 is 17.9 Å². The molecule has 0 bridgehead atoms. The van der Waals surface area contributed by atoms with Crippen molar-refractivity contribution < 1.29 is 38.1 Å². The summed E-state index contributed by atoms with van der Waals surface area (Å²) in [6.07, 6.45) is 0. The smallest absolute Gasteiger partial charge is 0.342 e. The van der Waals surface area contributed by atoms with E-state index in [0.29, 0.717) is 35.8 Å². The van der Waals surface area contributed by atoms with Crippen molar-refractivity contribution in [1.29, 1.82) is 0 Å². The van der Waals surface area contributed by atoms with Gasteiger partial charge in [0.15, 0.2) is 11.5 Å². The molecular weight excluding hydrogens is 540 g/mol. The molecule has 1 atom stereocenters. The van der Waals surface area contributed by atoms with Gasteiger partial charge in [-0.15, -0.1) is 12.4 Å². The van der Waals surface area contributed by atoms with Crippen LogP contribution < -0.4 is 14.8 Å². The Balaban J connectivity index is 0.00000441. The number of likely N-dealkylation sites (N-methyl/N-ethyl adjacent to an activating group) is 1. The van der Waals surface area contributed by atoms with Crippen LogP contribution in [0, 0.1) is 0 Å². The number of rotatable bonds is 9. The van der Waals surface area contributed by atoms with Gasteiger partial charge in [-0.3, -0.25) is 4.90 Å². The maximum absolute atomic E-state index is 13.6. The van der Waals surface area contributed by atoms with Gasteiger partial charge in [0.25, 0.3) is 0 Å². The normalized spacial score (nSPS) is 15.8. The van der Waals surface area contributed by atoms with E-state index in [1.807, 2.05) is 42.3 Å². The van der Waals surface area contributed by atoms with Crippen LogP contribution >= 0.6 is 12.4 Å². The summed E-state index contributed by atoms with van der Waals surface area (Å²) in [6.45, 7) is 4.64. The van der Waals surface area contributed by atoms with Crippen LogP contribution in [0.1, 0.15) is 41.3 Å². The Morgan fingerprint density at radius 1 is 0.925 bits per heavy atom. The molecule has 0 saturated heterocycles. The number of hydrogen-bond donors (Lipinski definition) is 1. The third-order valence-electron chi connectivity index (χ3n) is 6.66. The number of benzene rings is 2. The van der Waals surface area contributed by atoms with Crippen LogP contribution in [0.2, 0.25) is 0 Å². The number of esters is 3. The second kappa shape index (κ2) is 13.4. The van der Waals surface area contributed by atoms with E-state index in [-0.39, 0.29) is 48.3 Å². The van der Waals surface area contributed by atoms with Crippen LogP contribution in [0.4, 0.5) is 0 Å². The van der Waals surface area contributed by atoms with E-state index in [2.05, 4.69) is 5.32 Å². The van der Waals surface area contributed by atoms with Crippen molar-refractivity contribution in [2.75, 3.05) is 41.2 Å². The van der Waals surface area contributed by atoms with Crippen molar-refractivity contribution in [3.8, 4) is 11.5 Å². The Bertz CT molecular complexity index is 1340. The minimum atomic E-state index is -0.989. The summed E-state index contributed by atoms with van der Waals surface area (Å²) in [7, 11) is 4.44. The first-order valence-electron chi connectivity index (χ1n) is 12.4. The van der Waals surface area contributed by atoms with Crippen LogP contribution in [0.15, 0.2) is 65.0 Å². The molecule has 2 aliphatic rings. The van der Waals surface area contributed by atoms with Gasteiger partial charge < -0.3 is 29.0 Å². The highest BCUT2D eigenvalue weighted by atomic mass is 35.5. The number of halogens is 1. The first-order valence-corrected chi connectivity index (χ1v) is 12.4. The fraction of sp³-hybridized carbons (Fsp3) is 0.345. The Morgan fingerprint density at radius 3 is 2.23 bits per heavy atom. The monoisotopic (exact) mass is 572 g/mol. The number of nitrogens with zero attached hydrogens (tertiary/aromatic N) is 1. The van der Waals surface area contributed by atoms with Crippen molar-refractivity contribution in [2.24, 2.45) is 0 Å². The van der Waals surface area contributed by atoms with Crippen molar-refractivity contribution in [2.45, 2.75) is 26.3 Å². The zero-order valence-electron chi connectivity index (χ0n) is 23.1. The van der Waals surface area contributed by atoms with Crippen molar-refractivity contribution >= 4 is 30.3 Å². The Morgan fingerprint density at radius 2 is 1.57 bits per heavy atom. The summed E-state index contributed by atoms with van der Waals surface area (Å²) in [4.78, 5) is 41.6. The number of fused-ring (bicyclic) bond motifs is 1. The molecule has 2 aliphatic heterocycles. The molecule has 0 fully saturated rings. The van der Waals surface area contributed by atoms with Gasteiger partial charge in [-0.05, 0) is 38.1 Å². The van der Waals surface area contributed by atoms with Crippen LogP contribution in [0.25, 0.3) is 0 Å². The number of carbonyl (C=O) groups is 3. The molecule has 2 heterocycles. The second-order valence-corrected chi connectivity index (χ2v) is 9.24. The Kier molecular flexibility index (Phi) is 10.2. The summed E-state index contributed by atoms with van der Waals surface area (Å²) >= 11 is 0. The van der Waals surface area contributed by atoms with E-state index >= 15 is 0 Å². The molecule has 10 nitrogen and oxygen atoms in total. The lowest BCUT2D eigenvalue weighted by Gasteiger charge is -2.31. The van der Waals surface area contributed by atoms with E-state index in [4.69, 9.17) is 23.7 Å². The van der Waals surface area contributed by atoms with Crippen LogP contribution in [0.3, 0.4) is 0 Å². The average molecular weight is 573 g/mol. The van der Waals surface area contributed by atoms with Crippen molar-refractivity contribution in [3.05, 3.63) is 81.7 Å². The van der Waals surface area contributed by atoms with E-state index in [0.717, 1.165) is 5.56 Å². The summed E-state index contributed by atoms with van der Waals surface area (Å²) in [5.74, 6) is -2.41. The lowest BCUT2D eigenvalue weighted by atomic mass is 9.78. The van der Waals surface area contributed by atoms with Gasteiger partial charge in [0.1, 0.15) is 12.2 Å². The molecule has 2 aromatic carbocycles. The minimum Gasteiger partial charge on any atom is -0.466 e. The SMILES string of the molecule is COC(=O)C1=C(C)NC(C)=C(C(=O)OCCN(C)Cc2ccccc2)C1c1ccc2c(c1C(=O)OC)OCO2.Cl. The zero-order chi connectivity index (χ0) is 28.1. The molecule has 0 radical (unpaired) electrons. The van der Waals surface area contributed by atoms with E-state index in [1.54, 1.807) is 26.0 Å². The molecule has 214 valence electrons. The number of allylic oxidation sites excluding steroid dienone is 2. The number of nitrogens with one attached hydrogen (secondary N) is 1. The van der Waals surface area contributed by atoms with E-state index in [9.17, 15) is 14.4 Å². The molecule has 0 amide bonds. The maximum Gasteiger partial charge on any atom is 0.342 e. The molecule has 1 N–H and O–H groups in total. The fourth-order valence-corrected chi connectivity index (χ4v) is 4.84. The van der Waals surface area contributed by atoms with Crippen LogP contribution in [-0.4, -0.2) is 64.0 Å².